The van der Waals surface area contributed by atoms with Crippen molar-refractivity contribution < 1.29 is 93.4 Å². The van der Waals surface area contributed by atoms with E-state index in [2.05, 4.69) is 16.0 Å². The molecule has 13 atom stereocenters. The number of carbonyl (C=O) groups is 12. The third kappa shape index (κ3) is 22.6. The highest BCUT2D eigenvalue weighted by Gasteiger charge is 2.59. The molecule has 3 aliphatic carbocycles. The molecule has 0 aromatic rings. The van der Waals surface area contributed by atoms with Gasteiger partial charge in [0.15, 0.2) is 0 Å². The summed E-state index contributed by atoms with van der Waals surface area (Å²) < 4.78 is 97.0. The maximum atomic E-state index is 15.8. The molecule has 0 aromatic heterocycles. The summed E-state index contributed by atoms with van der Waals surface area (Å²) in [5.41, 5.74) is -2.30. The highest BCUT2D eigenvalue weighted by Crippen LogP contribution is 2.50. The van der Waals surface area contributed by atoms with E-state index in [4.69, 9.17) is 9.47 Å². The normalized spacial score (nSPS) is 30.6. The van der Waals surface area contributed by atoms with Gasteiger partial charge in [-0.05, 0) is 138 Å². The highest BCUT2D eigenvalue weighted by molar-refractivity contribution is 6.01. The molecule has 0 radical (unpaired) electrons. The number of hydrogen-bond acceptors (Lipinski definition) is 14. The molecule has 110 heavy (non-hydrogen) atoms. The number of likely N-dealkylation sites (N-methyl/N-ethyl adjacent to an activating group) is 7. The second-order valence-corrected chi connectivity index (χ2v) is 33.5. The van der Waals surface area contributed by atoms with Crippen molar-refractivity contribution in [2.75, 3.05) is 96.3 Å². The van der Waals surface area contributed by atoms with Gasteiger partial charge < -0.3 is 69.5 Å². The van der Waals surface area contributed by atoms with Crippen molar-refractivity contribution in [2.45, 2.75) is 269 Å². The van der Waals surface area contributed by atoms with E-state index in [1.165, 1.54) is 88.0 Å². The SMILES string of the molecule is CCO[C@@H]1C[C@H]2C(=O)NC3(CC(C)(C)C3)C(=O)N(C)[C@@H](C(CC)CC)C(=O)N(C)[C@H](C(=O)N(C)C)CC(=O)N(C)[C@@H](CC(C)C)C(=O)N[C@@H]([C@@H](C)CC)C(=O)N(C)CC(=O)N(C)[C@H]3C/C=C\CCN(C3=O)[C@@H](CC3CCC(C(F)(F)F)CC3)C(=O)N(C)CC(=O)N[C@@H](CCC3CCC(C(F)(F)F)C(OC)C3)C(=O)N2C1. The molecule has 5 fully saturated rings. The van der Waals surface area contributed by atoms with Crippen LogP contribution in [-0.2, 0) is 67.0 Å². The molecule has 6 aliphatic rings. The summed E-state index contributed by atoms with van der Waals surface area (Å²) in [6.45, 7) is 14.7. The molecule has 3 saturated carbocycles. The summed E-state index contributed by atoms with van der Waals surface area (Å²) in [7, 11) is 12.2. The number of nitrogens with zero attached hydrogens (tertiary/aromatic N) is 9. The number of halogens is 6. The predicted molar refractivity (Wildman–Crippen MR) is 398 cm³/mol. The van der Waals surface area contributed by atoms with Crippen molar-refractivity contribution in [3.63, 3.8) is 0 Å². The molecule has 2 bridgehead atoms. The van der Waals surface area contributed by atoms with Crippen LogP contribution in [-0.4, -0.2) is 290 Å². The average molecular weight is 1570 g/mol. The minimum absolute atomic E-state index is 0.0314. The Morgan fingerprint density at radius 2 is 1.26 bits per heavy atom. The number of ether oxygens (including phenoxy) is 2. The summed E-state index contributed by atoms with van der Waals surface area (Å²) in [4.78, 5) is 193. The zero-order chi connectivity index (χ0) is 82.6. The van der Waals surface area contributed by atoms with Gasteiger partial charge in [0.1, 0.15) is 53.9 Å². The minimum atomic E-state index is -4.57. The van der Waals surface area contributed by atoms with Crippen molar-refractivity contribution in [1.29, 1.82) is 0 Å². The first-order chi connectivity index (χ1) is 51.3. The van der Waals surface area contributed by atoms with Crippen LogP contribution in [0.5, 0.6) is 0 Å². The standard InChI is InChI=1S/C78H126F6N12O14/c1-19-47(7)64-72(106)90(13)43-63(99)91(14)55-26-24-23-25-35-95(71(55)105)59(37-48-27-31-51(32-28-48)77(79,80)81)70(104)89(12)42-61(97)85-54(34-30-49-29-33-53(78(82,83)84)60(38-49)109-18)68(102)96-41-52(110-22-4)39-57(96)67(101)87-76(44-75(8,9)45-76)74(108)94(17)65(50(20-2)21-3)73(107)93(16)58(69(103)88(10)11)40-62(98)92(15)56(36-46(5)6)66(100)86-64/h23-24,46-60,64-65H,19-22,25-45H2,1-18H3,(H,85,97)(H,86,100)(H,87,101)/b24-23-/t47-,48?,49?,51?,52+,53?,54-,55-,56-,57-,58-,59-,60?,64-,65-/m0/s1. The third-order valence-corrected chi connectivity index (χ3v) is 24.3. The monoisotopic (exact) mass is 1570 g/mol. The Hall–Kier alpha value is -7.12. The maximum absolute atomic E-state index is 15.8. The molecule has 32 heteroatoms. The molecular formula is C78H126F6N12O14. The summed E-state index contributed by atoms with van der Waals surface area (Å²) in [5.74, 6) is -14.7. The van der Waals surface area contributed by atoms with Crippen LogP contribution in [0.2, 0.25) is 0 Å². The molecule has 3 N–H and O–H groups in total. The van der Waals surface area contributed by atoms with E-state index in [0.29, 0.717) is 19.3 Å². The Balaban J connectivity index is 1.51. The van der Waals surface area contributed by atoms with Gasteiger partial charge in [-0.2, -0.15) is 26.3 Å². The molecule has 3 aliphatic heterocycles. The van der Waals surface area contributed by atoms with E-state index in [-0.39, 0.29) is 128 Å². The molecule has 2 saturated heterocycles. The van der Waals surface area contributed by atoms with Crippen molar-refractivity contribution in [3.05, 3.63) is 12.2 Å². The first kappa shape index (κ1) is 91.8. The molecular weight excluding hydrogens is 1440 g/mol. The lowest BCUT2D eigenvalue weighted by Crippen LogP contribution is -2.71. The lowest BCUT2D eigenvalue weighted by Gasteiger charge is -2.54. The van der Waals surface area contributed by atoms with Crippen molar-refractivity contribution in [2.24, 2.45) is 46.8 Å². The second-order valence-electron chi connectivity index (χ2n) is 33.5. The Bertz CT molecular complexity index is 3260. The van der Waals surface area contributed by atoms with Crippen LogP contribution in [0.4, 0.5) is 26.3 Å². The Labute approximate surface area is 646 Å². The van der Waals surface area contributed by atoms with Crippen LogP contribution in [0.25, 0.3) is 0 Å². The van der Waals surface area contributed by atoms with Crippen LogP contribution >= 0.6 is 0 Å². The molecule has 12 amide bonds. The van der Waals surface area contributed by atoms with Crippen LogP contribution in [0, 0.1) is 46.8 Å². The summed E-state index contributed by atoms with van der Waals surface area (Å²) in [6, 6.07) is -11.1. The van der Waals surface area contributed by atoms with Gasteiger partial charge in [-0.15, -0.1) is 0 Å². The first-order valence-corrected chi connectivity index (χ1v) is 39.5. The van der Waals surface area contributed by atoms with Gasteiger partial charge in [0.05, 0.1) is 43.6 Å². The van der Waals surface area contributed by atoms with E-state index in [1.54, 1.807) is 32.9 Å². The largest absolute Gasteiger partial charge is 0.394 e. The summed E-state index contributed by atoms with van der Waals surface area (Å²) in [5, 5.41) is 8.70. The van der Waals surface area contributed by atoms with Crippen molar-refractivity contribution in [3.8, 4) is 0 Å². The predicted octanol–water partition coefficient (Wildman–Crippen LogP) is 6.96. The Kier molecular flexibility index (Phi) is 32.6. The lowest BCUT2D eigenvalue weighted by molar-refractivity contribution is -0.215. The van der Waals surface area contributed by atoms with E-state index in [1.807, 2.05) is 41.5 Å². The first-order valence-electron chi connectivity index (χ1n) is 39.5. The number of hydrogen-bond donors (Lipinski definition) is 3. The van der Waals surface area contributed by atoms with Gasteiger partial charge in [0.25, 0.3) is 0 Å². The fourth-order valence-corrected chi connectivity index (χ4v) is 17.6. The number of methoxy groups -OCH3 is 1. The van der Waals surface area contributed by atoms with E-state index >= 15 is 28.8 Å². The van der Waals surface area contributed by atoms with Gasteiger partial charge in [-0.1, -0.05) is 86.8 Å². The smallest absolute Gasteiger partial charge is 0.381 e. The number of alkyl halides is 6. The topological polar surface area (TPSA) is 289 Å². The third-order valence-electron chi connectivity index (χ3n) is 24.3. The zero-order valence-electron chi connectivity index (χ0n) is 68.2. The molecule has 26 nitrogen and oxygen atoms in total. The van der Waals surface area contributed by atoms with Crippen LogP contribution in [0.1, 0.15) is 191 Å². The molecule has 3 heterocycles. The number of carbonyl (C=O) groups excluding carboxylic acids is 12. The summed E-state index contributed by atoms with van der Waals surface area (Å²) >= 11 is 0. The number of nitrogens with one attached hydrogen (secondary N) is 3. The molecule has 0 aromatic carbocycles. The minimum Gasteiger partial charge on any atom is -0.381 e. The highest BCUT2D eigenvalue weighted by atomic mass is 19.4. The molecule has 6 rings (SSSR count). The van der Waals surface area contributed by atoms with E-state index < -0.39 is 210 Å². The number of amides is 12. The number of fused-ring (bicyclic) bond motifs is 3. The van der Waals surface area contributed by atoms with E-state index in [9.17, 15) is 55.1 Å². The van der Waals surface area contributed by atoms with Crippen LogP contribution in [0.3, 0.4) is 0 Å². The average Bonchev–Trinajstić information content (AvgIpc) is 0.940. The van der Waals surface area contributed by atoms with Crippen LogP contribution in [0.15, 0.2) is 12.2 Å². The van der Waals surface area contributed by atoms with Gasteiger partial charge in [0, 0.05) is 89.6 Å². The summed E-state index contributed by atoms with van der Waals surface area (Å²) in [6.07, 6.45) is -8.06. The molecule has 3 unspecified atom stereocenters. The fourth-order valence-electron chi connectivity index (χ4n) is 17.6. The fraction of sp³-hybridized carbons (Fsp3) is 0.821. The van der Waals surface area contributed by atoms with Gasteiger partial charge in [-0.25, -0.2) is 0 Å². The quantitative estimate of drug-likeness (QED) is 0.104. The van der Waals surface area contributed by atoms with Crippen LogP contribution < -0.4 is 16.0 Å². The lowest BCUT2D eigenvalue weighted by atomic mass is 9.58. The zero-order valence-corrected chi connectivity index (χ0v) is 68.2. The molecule has 624 valence electrons. The Morgan fingerprint density at radius 1 is 0.645 bits per heavy atom. The van der Waals surface area contributed by atoms with Gasteiger partial charge >= 0.3 is 12.4 Å². The maximum Gasteiger partial charge on any atom is 0.394 e. The van der Waals surface area contributed by atoms with Gasteiger partial charge in [0.2, 0.25) is 70.9 Å². The Morgan fingerprint density at radius 3 is 1.82 bits per heavy atom. The van der Waals surface area contributed by atoms with E-state index in [0.717, 1.165) is 19.6 Å². The van der Waals surface area contributed by atoms with Crippen molar-refractivity contribution >= 4 is 70.9 Å². The second kappa shape index (κ2) is 39.1. The molecule has 1 spiro atoms. The number of rotatable bonds is 16. The van der Waals surface area contributed by atoms with Gasteiger partial charge in [-0.3, -0.25) is 57.5 Å². The van der Waals surface area contributed by atoms with Crippen molar-refractivity contribution in [1.82, 2.24) is 60.0 Å².